The van der Waals surface area contributed by atoms with Crippen LogP contribution in [0.25, 0.3) is 5.76 Å². The summed E-state index contributed by atoms with van der Waals surface area (Å²) in [5.74, 6) is -2.43. The zero-order valence-electron chi connectivity index (χ0n) is 18.4. The van der Waals surface area contributed by atoms with Gasteiger partial charge >= 0.3 is 11.9 Å². The van der Waals surface area contributed by atoms with Crippen LogP contribution in [0.5, 0.6) is 0 Å². The van der Waals surface area contributed by atoms with Crippen LogP contribution in [0.2, 0.25) is 0 Å². The number of ether oxygens (including phenoxy) is 1. The first-order valence-corrected chi connectivity index (χ1v) is 11.2. The Balaban J connectivity index is 1.90. The van der Waals surface area contributed by atoms with E-state index in [9.17, 15) is 19.5 Å². The number of rotatable bonds is 5. The Kier molecular flexibility index (Phi) is 6.11. The van der Waals surface area contributed by atoms with Crippen molar-refractivity contribution >= 4 is 39.9 Å². The van der Waals surface area contributed by atoms with Crippen LogP contribution in [0.4, 0.5) is 5.13 Å². The highest BCUT2D eigenvalue weighted by atomic mass is 32.1. The lowest BCUT2D eigenvalue weighted by Crippen LogP contribution is -2.29. The minimum Gasteiger partial charge on any atom is -0.507 e. The molecule has 0 aliphatic carbocycles. The predicted molar refractivity (Wildman–Crippen MR) is 125 cm³/mol. The molecular formula is C25H22N2O5S. The minimum absolute atomic E-state index is 0.0272. The molecule has 2 aromatic carbocycles. The lowest BCUT2D eigenvalue weighted by Gasteiger charge is -2.23. The van der Waals surface area contributed by atoms with E-state index in [4.69, 9.17) is 4.74 Å². The molecule has 4 rings (SSSR count). The Morgan fingerprint density at radius 2 is 1.76 bits per heavy atom. The van der Waals surface area contributed by atoms with Gasteiger partial charge in [0.15, 0.2) is 5.13 Å². The molecule has 1 aliphatic rings. The Morgan fingerprint density at radius 1 is 1.09 bits per heavy atom. The lowest BCUT2D eigenvalue weighted by atomic mass is 9.95. The summed E-state index contributed by atoms with van der Waals surface area (Å²) in [5.41, 5.74) is 2.45. The number of anilines is 1. The molecule has 0 unspecified atom stereocenters. The maximum Gasteiger partial charge on any atom is 0.350 e. The van der Waals surface area contributed by atoms with Crippen molar-refractivity contribution < 1.29 is 24.2 Å². The van der Waals surface area contributed by atoms with E-state index in [-0.39, 0.29) is 27.9 Å². The van der Waals surface area contributed by atoms with E-state index >= 15 is 0 Å². The van der Waals surface area contributed by atoms with Gasteiger partial charge in [-0.15, -0.1) is 0 Å². The van der Waals surface area contributed by atoms with Crippen molar-refractivity contribution in [1.82, 2.24) is 4.98 Å². The highest BCUT2D eigenvalue weighted by Gasteiger charge is 2.48. The molecule has 1 aliphatic heterocycles. The van der Waals surface area contributed by atoms with Crippen LogP contribution in [0.3, 0.4) is 0 Å². The van der Waals surface area contributed by atoms with Crippen LogP contribution in [-0.2, 0) is 14.3 Å². The number of esters is 1. The summed E-state index contributed by atoms with van der Waals surface area (Å²) in [6.07, 6.45) is 0. The summed E-state index contributed by atoms with van der Waals surface area (Å²) in [5, 5.41) is 11.3. The zero-order chi connectivity index (χ0) is 23.7. The van der Waals surface area contributed by atoms with Crippen LogP contribution in [-0.4, -0.2) is 34.4 Å². The number of amides is 1. The molecule has 0 saturated carbocycles. The number of aryl methyl sites for hydroxylation is 2. The molecule has 0 bridgehead atoms. The van der Waals surface area contributed by atoms with Crippen molar-refractivity contribution in [3.8, 4) is 0 Å². The second-order valence-electron chi connectivity index (χ2n) is 7.58. The molecule has 1 aromatic heterocycles. The number of ketones is 1. The monoisotopic (exact) mass is 462 g/mol. The van der Waals surface area contributed by atoms with Crippen molar-refractivity contribution in [2.24, 2.45) is 0 Å². The Bertz CT molecular complexity index is 1260. The van der Waals surface area contributed by atoms with E-state index in [1.807, 2.05) is 31.2 Å². The molecule has 1 saturated heterocycles. The van der Waals surface area contributed by atoms with E-state index in [2.05, 4.69) is 4.98 Å². The molecule has 1 N–H and O–H groups in total. The smallest absolute Gasteiger partial charge is 0.350 e. The number of carbonyl (C=O) groups excluding carboxylic acids is 3. The summed E-state index contributed by atoms with van der Waals surface area (Å²) in [4.78, 5) is 44.6. The number of carbonyl (C=O) groups is 3. The summed E-state index contributed by atoms with van der Waals surface area (Å²) in [6.45, 7) is 5.49. The number of aromatic nitrogens is 1. The van der Waals surface area contributed by atoms with E-state index in [1.54, 1.807) is 44.2 Å². The van der Waals surface area contributed by atoms with Gasteiger partial charge in [-0.1, -0.05) is 71.5 Å². The molecule has 0 spiro atoms. The number of aliphatic hydroxyl groups excluding tert-OH is 1. The fraction of sp³-hybridized carbons (Fsp3) is 0.200. The zero-order valence-corrected chi connectivity index (χ0v) is 19.2. The molecule has 3 aromatic rings. The first-order chi connectivity index (χ1) is 15.8. The van der Waals surface area contributed by atoms with E-state index < -0.39 is 23.7 Å². The fourth-order valence-corrected chi connectivity index (χ4v) is 4.70. The molecule has 7 nitrogen and oxygen atoms in total. The van der Waals surface area contributed by atoms with Crippen molar-refractivity contribution in [2.75, 3.05) is 11.5 Å². The van der Waals surface area contributed by atoms with Crippen molar-refractivity contribution in [1.29, 1.82) is 0 Å². The Hall–Kier alpha value is -3.78. The van der Waals surface area contributed by atoms with Gasteiger partial charge in [0.25, 0.3) is 5.78 Å². The first kappa shape index (κ1) is 22.4. The number of nitrogens with zero attached hydrogens (tertiary/aromatic N) is 2. The second kappa shape index (κ2) is 8.99. The molecule has 2 heterocycles. The van der Waals surface area contributed by atoms with Gasteiger partial charge in [0, 0.05) is 5.56 Å². The van der Waals surface area contributed by atoms with Gasteiger partial charge in [-0.25, -0.2) is 9.78 Å². The highest BCUT2D eigenvalue weighted by molar-refractivity contribution is 7.17. The lowest BCUT2D eigenvalue weighted by molar-refractivity contribution is -0.132. The van der Waals surface area contributed by atoms with Crippen LogP contribution in [0.1, 0.15) is 45.0 Å². The Morgan fingerprint density at radius 3 is 2.39 bits per heavy atom. The maximum atomic E-state index is 13.2. The molecule has 8 heteroatoms. The quantitative estimate of drug-likeness (QED) is 0.258. The third-order valence-corrected chi connectivity index (χ3v) is 6.47. The average Bonchev–Trinajstić information content (AvgIpc) is 3.32. The number of hydrogen-bond donors (Lipinski definition) is 1. The van der Waals surface area contributed by atoms with Crippen LogP contribution in [0.15, 0.2) is 60.2 Å². The van der Waals surface area contributed by atoms with Crippen molar-refractivity contribution in [2.45, 2.75) is 26.8 Å². The number of Topliss-reactive ketones (excluding diaryl/α,β-unsaturated/α-hetero) is 1. The first-order valence-electron chi connectivity index (χ1n) is 10.4. The van der Waals surface area contributed by atoms with Crippen molar-refractivity contribution in [3.63, 3.8) is 0 Å². The van der Waals surface area contributed by atoms with Gasteiger partial charge < -0.3 is 9.84 Å². The molecule has 168 valence electrons. The summed E-state index contributed by atoms with van der Waals surface area (Å²) in [6, 6.07) is 15.1. The summed E-state index contributed by atoms with van der Waals surface area (Å²) >= 11 is 0.985. The molecule has 0 radical (unpaired) electrons. The van der Waals surface area contributed by atoms with Gasteiger partial charge in [-0.2, -0.15) is 0 Å². The average molecular weight is 463 g/mol. The third kappa shape index (κ3) is 4.05. The van der Waals surface area contributed by atoms with E-state index in [0.717, 1.165) is 16.9 Å². The SMILES string of the molecule is CCOC(=O)c1sc(N2C(=O)C(=O)/C(=C(/O)c3ccccc3)[C@@H]2c2ccc(C)cc2)nc1C. The van der Waals surface area contributed by atoms with E-state index in [0.29, 0.717) is 16.8 Å². The summed E-state index contributed by atoms with van der Waals surface area (Å²) < 4.78 is 5.09. The van der Waals surface area contributed by atoms with Gasteiger partial charge in [0.2, 0.25) is 0 Å². The fourth-order valence-electron chi connectivity index (χ4n) is 3.72. The highest BCUT2D eigenvalue weighted by Crippen LogP contribution is 2.43. The second-order valence-corrected chi connectivity index (χ2v) is 8.55. The third-order valence-electron chi connectivity index (χ3n) is 5.34. The van der Waals surface area contributed by atoms with Crippen LogP contribution < -0.4 is 4.90 Å². The largest absolute Gasteiger partial charge is 0.507 e. The standard InChI is InChI=1S/C25H22N2O5S/c1-4-32-24(31)22-15(3)26-25(33-22)27-19(16-12-10-14(2)11-13-16)18(21(29)23(27)30)20(28)17-8-6-5-7-9-17/h5-13,19,28H,4H2,1-3H3/b20-18+/t19-/m0/s1. The van der Waals surface area contributed by atoms with Crippen LogP contribution >= 0.6 is 11.3 Å². The molecular weight excluding hydrogens is 440 g/mol. The van der Waals surface area contributed by atoms with Gasteiger partial charge in [-0.3, -0.25) is 14.5 Å². The summed E-state index contributed by atoms with van der Waals surface area (Å²) in [7, 11) is 0. The normalized spacial score (nSPS) is 17.4. The molecule has 1 amide bonds. The Labute approximate surface area is 195 Å². The van der Waals surface area contributed by atoms with Gasteiger partial charge in [0.1, 0.15) is 10.6 Å². The van der Waals surface area contributed by atoms with E-state index in [1.165, 1.54) is 4.90 Å². The van der Waals surface area contributed by atoms with Crippen LogP contribution in [0, 0.1) is 13.8 Å². The molecule has 1 fully saturated rings. The van der Waals surface area contributed by atoms with Crippen molar-refractivity contribution in [3.05, 3.63) is 87.4 Å². The van der Waals surface area contributed by atoms with Gasteiger partial charge in [0.05, 0.1) is 23.9 Å². The molecule has 1 atom stereocenters. The number of hydrogen-bond acceptors (Lipinski definition) is 7. The number of benzene rings is 2. The minimum atomic E-state index is -0.897. The number of aliphatic hydroxyl groups is 1. The topological polar surface area (TPSA) is 96.8 Å². The molecule has 33 heavy (non-hydrogen) atoms. The predicted octanol–water partition coefficient (Wildman–Crippen LogP) is 4.56. The number of thiazole rings is 1. The maximum absolute atomic E-state index is 13.2. The van der Waals surface area contributed by atoms with Gasteiger partial charge in [-0.05, 0) is 26.3 Å².